The topological polar surface area (TPSA) is 32.3 Å². The number of nitrogens with zero attached hydrogens (tertiary/aromatic N) is 1. The Kier molecular flexibility index (Phi) is 2.81. The van der Waals surface area contributed by atoms with Crippen molar-refractivity contribution in [1.29, 1.82) is 0 Å². The Hall–Kier alpha value is -0.850. The number of fused-ring (bicyclic) bond motifs is 1. The molecule has 1 amide bonds. The standard InChI is InChI=1S/C10H10FIN2O/c1-2-14-5-10(15)13-8-4-7(12)6(11)3-9(8)14/h3-4H,2,5H2,1H3,(H,13,15). The van der Waals surface area contributed by atoms with Crippen LogP contribution < -0.4 is 10.2 Å². The molecular formula is C10H10FIN2O. The fraction of sp³-hybridized carbons (Fsp3) is 0.300. The molecular weight excluding hydrogens is 310 g/mol. The van der Waals surface area contributed by atoms with Crippen molar-refractivity contribution in [2.45, 2.75) is 6.92 Å². The first-order chi connectivity index (χ1) is 7.11. The van der Waals surface area contributed by atoms with E-state index in [0.717, 1.165) is 5.69 Å². The molecule has 1 aromatic carbocycles. The normalized spacial score (nSPS) is 14.9. The summed E-state index contributed by atoms with van der Waals surface area (Å²) in [4.78, 5) is 13.2. The van der Waals surface area contributed by atoms with Crippen molar-refractivity contribution in [3.63, 3.8) is 0 Å². The molecule has 1 N–H and O–H groups in total. The largest absolute Gasteiger partial charge is 0.361 e. The second kappa shape index (κ2) is 3.96. The Morgan fingerprint density at radius 1 is 1.60 bits per heavy atom. The van der Waals surface area contributed by atoms with Gasteiger partial charge < -0.3 is 10.2 Å². The molecule has 80 valence electrons. The van der Waals surface area contributed by atoms with E-state index in [-0.39, 0.29) is 11.7 Å². The SMILES string of the molecule is CCN1CC(=O)Nc2cc(I)c(F)cc21. The molecule has 1 aromatic rings. The summed E-state index contributed by atoms with van der Waals surface area (Å²) in [6.07, 6.45) is 0. The fourth-order valence-electron chi connectivity index (χ4n) is 1.63. The number of amides is 1. The van der Waals surface area contributed by atoms with Crippen LogP contribution in [0.3, 0.4) is 0 Å². The molecule has 5 heteroatoms. The quantitative estimate of drug-likeness (QED) is 0.805. The maximum atomic E-state index is 13.4. The summed E-state index contributed by atoms with van der Waals surface area (Å²) in [7, 11) is 0. The molecule has 3 nitrogen and oxygen atoms in total. The van der Waals surface area contributed by atoms with Crippen LogP contribution in [-0.4, -0.2) is 19.0 Å². The van der Waals surface area contributed by atoms with E-state index in [1.807, 2.05) is 34.4 Å². The van der Waals surface area contributed by atoms with Crippen LogP contribution in [-0.2, 0) is 4.79 Å². The van der Waals surface area contributed by atoms with Gasteiger partial charge in [0.15, 0.2) is 0 Å². The van der Waals surface area contributed by atoms with Crippen molar-refractivity contribution in [2.75, 3.05) is 23.3 Å². The summed E-state index contributed by atoms with van der Waals surface area (Å²) in [5.41, 5.74) is 1.45. The lowest BCUT2D eigenvalue weighted by atomic mass is 10.2. The second-order valence-electron chi connectivity index (χ2n) is 3.35. The maximum absolute atomic E-state index is 13.4. The third-order valence-electron chi connectivity index (χ3n) is 2.37. The number of hydrogen-bond acceptors (Lipinski definition) is 2. The van der Waals surface area contributed by atoms with Crippen LogP contribution in [0.25, 0.3) is 0 Å². The van der Waals surface area contributed by atoms with Crippen molar-refractivity contribution in [1.82, 2.24) is 0 Å². The Morgan fingerprint density at radius 3 is 3.00 bits per heavy atom. The van der Waals surface area contributed by atoms with Crippen molar-refractivity contribution in [2.24, 2.45) is 0 Å². The Bertz CT molecular complexity index is 422. The highest BCUT2D eigenvalue weighted by Crippen LogP contribution is 2.32. The van der Waals surface area contributed by atoms with Gasteiger partial charge in [0.25, 0.3) is 0 Å². The van der Waals surface area contributed by atoms with E-state index in [2.05, 4.69) is 5.32 Å². The molecule has 1 aliphatic rings. The minimum absolute atomic E-state index is 0.0493. The molecule has 0 aliphatic carbocycles. The van der Waals surface area contributed by atoms with Crippen LogP contribution in [0.15, 0.2) is 12.1 Å². The van der Waals surface area contributed by atoms with E-state index in [1.54, 1.807) is 6.07 Å². The first kappa shape index (κ1) is 10.7. The third-order valence-corrected chi connectivity index (χ3v) is 3.20. The molecule has 0 aromatic heterocycles. The first-order valence-corrected chi connectivity index (χ1v) is 5.73. The number of hydrogen-bond donors (Lipinski definition) is 1. The summed E-state index contributed by atoms with van der Waals surface area (Å²) in [6.45, 7) is 2.93. The lowest BCUT2D eigenvalue weighted by Crippen LogP contribution is -2.38. The number of rotatable bonds is 1. The zero-order valence-electron chi connectivity index (χ0n) is 8.18. The fourth-order valence-corrected chi connectivity index (χ4v) is 2.10. The van der Waals surface area contributed by atoms with E-state index >= 15 is 0 Å². The summed E-state index contributed by atoms with van der Waals surface area (Å²) < 4.78 is 13.9. The Balaban J connectivity index is 2.51. The Morgan fingerprint density at radius 2 is 2.33 bits per heavy atom. The van der Waals surface area contributed by atoms with Gasteiger partial charge in [0, 0.05) is 12.6 Å². The average molecular weight is 320 g/mol. The average Bonchev–Trinajstić information content (AvgIpc) is 2.19. The first-order valence-electron chi connectivity index (χ1n) is 4.65. The van der Waals surface area contributed by atoms with Gasteiger partial charge in [-0.2, -0.15) is 0 Å². The smallest absolute Gasteiger partial charge is 0.243 e. The van der Waals surface area contributed by atoms with Crippen LogP contribution >= 0.6 is 22.6 Å². The van der Waals surface area contributed by atoms with E-state index in [9.17, 15) is 9.18 Å². The van der Waals surface area contributed by atoms with E-state index in [0.29, 0.717) is 22.3 Å². The van der Waals surface area contributed by atoms with Crippen molar-refractivity contribution in [3.8, 4) is 0 Å². The number of benzene rings is 1. The van der Waals surface area contributed by atoms with Gasteiger partial charge in [-0.05, 0) is 35.6 Å². The molecule has 0 saturated carbocycles. The number of nitrogens with one attached hydrogen (secondary N) is 1. The molecule has 1 aliphatic heterocycles. The van der Waals surface area contributed by atoms with Gasteiger partial charge in [-0.25, -0.2) is 4.39 Å². The predicted molar refractivity (Wildman–Crippen MR) is 65.6 cm³/mol. The summed E-state index contributed by atoms with van der Waals surface area (Å²) >= 11 is 1.91. The number of likely N-dealkylation sites (N-methyl/N-ethyl adjacent to an activating group) is 1. The van der Waals surface area contributed by atoms with Crippen LogP contribution in [0.2, 0.25) is 0 Å². The van der Waals surface area contributed by atoms with Crippen LogP contribution in [0, 0.1) is 9.39 Å². The summed E-state index contributed by atoms with van der Waals surface area (Å²) in [6, 6.07) is 3.13. The zero-order valence-corrected chi connectivity index (χ0v) is 10.3. The highest BCUT2D eigenvalue weighted by molar-refractivity contribution is 14.1. The maximum Gasteiger partial charge on any atom is 0.243 e. The predicted octanol–water partition coefficient (Wildman–Crippen LogP) is 2.21. The van der Waals surface area contributed by atoms with Gasteiger partial charge in [0.05, 0.1) is 21.5 Å². The van der Waals surface area contributed by atoms with Crippen LogP contribution in [0.4, 0.5) is 15.8 Å². The van der Waals surface area contributed by atoms with Gasteiger partial charge in [-0.3, -0.25) is 4.79 Å². The summed E-state index contributed by atoms with van der Waals surface area (Å²) in [5, 5.41) is 2.74. The lowest BCUT2D eigenvalue weighted by Gasteiger charge is -2.30. The lowest BCUT2D eigenvalue weighted by molar-refractivity contribution is -0.115. The minimum atomic E-state index is -0.246. The number of carbonyl (C=O) groups excluding carboxylic acids is 1. The highest BCUT2D eigenvalue weighted by atomic mass is 127. The summed E-state index contributed by atoms with van der Waals surface area (Å²) in [5.74, 6) is -0.296. The molecule has 0 unspecified atom stereocenters. The molecule has 1 heterocycles. The monoisotopic (exact) mass is 320 g/mol. The van der Waals surface area contributed by atoms with Crippen LogP contribution in [0.1, 0.15) is 6.92 Å². The molecule has 0 radical (unpaired) electrons. The van der Waals surface area contributed by atoms with Crippen molar-refractivity contribution in [3.05, 3.63) is 21.5 Å². The molecule has 0 bridgehead atoms. The minimum Gasteiger partial charge on any atom is -0.361 e. The van der Waals surface area contributed by atoms with Gasteiger partial charge >= 0.3 is 0 Å². The number of anilines is 2. The van der Waals surface area contributed by atoms with Crippen LogP contribution in [0.5, 0.6) is 0 Å². The van der Waals surface area contributed by atoms with E-state index in [4.69, 9.17) is 0 Å². The van der Waals surface area contributed by atoms with Gasteiger partial charge in [-0.15, -0.1) is 0 Å². The van der Waals surface area contributed by atoms with E-state index < -0.39 is 0 Å². The van der Waals surface area contributed by atoms with Crippen molar-refractivity contribution < 1.29 is 9.18 Å². The number of halogens is 2. The molecule has 0 spiro atoms. The highest BCUT2D eigenvalue weighted by Gasteiger charge is 2.22. The molecule has 2 rings (SSSR count). The van der Waals surface area contributed by atoms with E-state index in [1.165, 1.54) is 6.07 Å². The van der Waals surface area contributed by atoms with Gasteiger partial charge in [-0.1, -0.05) is 0 Å². The zero-order chi connectivity index (χ0) is 11.0. The molecule has 15 heavy (non-hydrogen) atoms. The molecule has 0 fully saturated rings. The van der Waals surface area contributed by atoms with Crippen molar-refractivity contribution >= 4 is 39.9 Å². The number of carbonyl (C=O) groups is 1. The van der Waals surface area contributed by atoms with Gasteiger partial charge in [0.1, 0.15) is 5.82 Å². The second-order valence-corrected chi connectivity index (χ2v) is 4.51. The van der Waals surface area contributed by atoms with Gasteiger partial charge in [0.2, 0.25) is 5.91 Å². The molecule has 0 atom stereocenters. The molecule has 0 saturated heterocycles. The Labute approximate surface area is 101 Å². The third kappa shape index (κ3) is 1.92.